The van der Waals surface area contributed by atoms with E-state index in [0.29, 0.717) is 18.1 Å². The zero-order valence-corrected chi connectivity index (χ0v) is 19.7. The van der Waals surface area contributed by atoms with Crippen LogP contribution in [0.4, 0.5) is 0 Å². The fourth-order valence-electron chi connectivity index (χ4n) is 5.41. The Morgan fingerprint density at radius 2 is 1.97 bits per heavy atom. The van der Waals surface area contributed by atoms with Crippen LogP contribution in [0.1, 0.15) is 61.8 Å². The van der Waals surface area contributed by atoms with Crippen molar-refractivity contribution in [3.05, 3.63) is 59.2 Å². The molecule has 2 aromatic carbocycles. The molecule has 33 heavy (non-hydrogen) atoms. The first-order valence-corrected chi connectivity index (χ1v) is 12.4. The summed E-state index contributed by atoms with van der Waals surface area (Å²) in [7, 11) is 2.16. The summed E-state index contributed by atoms with van der Waals surface area (Å²) in [6, 6.07) is 15.1. The molecule has 0 saturated heterocycles. The number of nitrogens with zero attached hydrogens (tertiary/aromatic N) is 3. The third-order valence-corrected chi connectivity index (χ3v) is 7.30. The molecular weight excluding hydrogens is 410 g/mol. The van der Waals surface area contributed by atoms with Gasteiger partial charge in [0.15, 0.2) is 0 Å². The number of benzene rings is 2. The van der Waals surface area contributed by atoms with E-state index >= 15 is 0 Å². The third kappa shape index (κ3) is 4.65. The van der Waals surface area contributed by atoms with Crippen LogP contribution in [-0.4, -0.2) is 34.9 Å². The van der Waals surface area contributed by atoms with Crippen LogP contribution in [-0.2, 0) is 17.6 Å². The molecule has 0 amide bonds. The molecule has 5 rings (SSSR count). The number of hydrogen-bond acceptors (Lipinski definition) is 5. The lowest BCUT2D eigenvalue weighted by atomic mass is 9.96. The normalized spacial score (nSPS) is 19.7. The SMILES string of the molecule is CCCN(C)[C@H]1c2cccc(-c3noc(-c4ccc(CCC5CC5)cc4)n3)c2C[C@H]1CC=O. The van der Waals surface area contributed by atoms with Gasteiger partial charge in [-0.1, -0.05) is 55.3 Å². The van der Waals surface area contributed by atoms with Crippen LogP contribution in [0, 0.1) is 11.8 Å². The molecule has 2 atom stereocenters. The van der Waals surface area contributed by atoms with Gasteiger partial charge in [-0.15, -0.1) is 0 Å². The minimum absolute atomic E-state index is 0.250. The summed E-state index contributed by atoms with van der Waals surface area (Å²) in [5.41, 5.74) is 5.89. The van der Waals surface area contributed by atoms with Crippen molar-refractivity contribution in [2.45, 2.75) is 57.9 Å². The van der Waals surface area contributed by atoms with Crippen LogP contribution in [0.5, 0.6) is 0 Å². The summed E-state index contributed by atoms with van der Waals surface area (Å²) in [6.45, 7) is 3.20. The molecule has 0 spiro atoms. The minimum atomic E-state index is 0.250. The Hall–Kier alpha value is -2.79. The fourth-order valence-corrected chi connectivity index (χ4v) is 5.41. The fraction of sp³-hybridized carbons (Fsp3) is 0.464. The number of aromatic nitrogens is 2. The lowest BCUT2D eigenvalue weighted by Crippen LogP contribution is -2.29. The Bertz CT molecular complexity index is 1100. The van der Waals surface area contributed by atoms with Crippen molar-refractivity contribution < 1.29 is 9.32 Å². The van der Waals surface area contributed by atoms with Crippen molar-refractivity contribution in [1.82, 2.24) is 15.0 Å². The van der Waals surface area contributed by atoms with Gasteiger partial charge in [-0.25, -0.2) is 0 Å². The largest absolute Gasteiger partial charge is 0.334 e. The number of aryl methyl sites for hydroxylation is 1. The molecule has 1 heterocycles. The highest BCUT2D eigenvalue weighted by Crippen LogP contribution is 2.44. The van der Waals surface area contributed by atoms with E-state index in [0.717, 1.165) is 49.1 Å². The first kappa shape index (κ1) is 22.0. The number of carbonyl (C=O) groups is 1. The summed E-state index contributed by atoms with van der Waals surface area (Å²) in [5, 5.41) is 4.34. The summed E-state index contributed by atoms with van der Waals surface area (Å²) < 4.78 is 5.67. The highest BCUT2D eigenvalue weighted by molar-refractivity contribution is 5.66. The van der Waals surface area contributed by atoms with Crippen LogP contribution < -0.4 is 0 Å². The van der Waals surface area contributed by atoms with Crippen LogP contribution in [0.25, 0.3) is 22.8 Å². The van der Waals surface area contributed by atoms with E-state index in [1.807, 2.05) is 0 Å². The van der Waals surface area contributed by atoms with E-state index in [4.69, 9.17) is 9.51 Å². The van der Waals surface area contributed by atoms with E-state index in [1.165, 1.54) is 36.0 Å². The maximum atomic E-state index is 11.4. The van der Waals surface area contributed by atoms with Crippen molar-refractivity contribution >= 4 is 6.29 Å². The minimum Gasteiger partial charge on any atom is -0.334 e. The first-order chi connectivity index (χ1) is 16.2. The summed E-state index contributed by atoms with van der Waals surface area (Å²) >= 11 is 0. The zero-order chi connectivity index (χ0) is 22.8. The summed E-state index contributed by atoms with van der Waals surface area (Å²) in [6.07, 6.45) is 8.82. The Morgan fingerprint density at radius 3 is 2.70 bits per heavy atom. The molecule has 0 unspecified atom stereocenters. The molecule has 172 valence electrons. The van der Waals surface area contributed by atoms with E-state index < -0.39 is 0 Å². The number of hydrogen-bond donors (Lipinski definition) is 0. The van der Waals surface area contributed by atoms with Gasteiger partial charge in [-0.3, -0.25) is 4.90 Å². The number of rotatable bonds is 10. The van der Waals surface area contributed by atoms with Gasteiger partial charge in [-0.05, 0) is 79.9 Å². The molecule has 3 aromatic rings. The second kappa shape index (κ2) is 9.60. The lowest BCUT2D eigenvalue weighted by Gasteiger charge is -2.29. The van der Waals surface area contributed by atoms with Gasteiger partial charge in [0.2, 0.25) is 5.82 Å². The molecule has 1 fully saturated rings. The van der Waals surface area contributed by atoms with Gasteiger partial charge < -0.3 is 9.32 Å². The molecule has 5 heteroatoms. The van der Waals surface area contributed by atoms with Crippen molar-refractivity contribution in [2.75, 3.05) is 13.6 Å². The van der Waals surface area contributed by atoms with E-state index in [-0.39, 0.29) is 12.0 Å². The van der Waals surface area contributed by atoms with Crippen LogP contribution in [0.3, 0.4) is 0 Å². The Balaban J connectivity index is 1.39. The Kier molecular flexibility index (Phi) is 6.41. The average molecular weight is 444 g/mol. The van der Waals surface area contributed by atoms with Gasteiger partial charge in [0.05, 0.1) is 0 Å². The first-order valence-electron chi connectivity index (χ1n) is 12.4. The molecule has 2 aliphatic carbocycles. The molecule has 1 saturated carbocycles. The van der Waals surface area contributed by atoms with E-state index in [9.17, 15) is 4.79 Å². The van der Waals surface area contributed by atoms with Crippen LogP contribution in [0.15, 0.2) is 47.0 Å². The Labute approximate surface area is 196 Å². The van der Waals surface area contributed by atoms with Gasteiger partial charge in [-0.2, -0.15) is 4.98 Å². The Morgan fingerprint density at radius 1 is 1.15 bits per heavy atom. The second-order valence-corrected chi connectivity index (χ2v) is 9.77. The van der Waals surface area contributed by atoms with Crippen molar-refractivity contribution in [1.29, 1.82) is 0 Å². The molecule has 0 bridgehead atoms. The zero-order valence-electron chi connectivity index (χ0n) is 19.7. The standard InChI is InChI=1S/C28H33N3O2/c1-3-16-31(2)26-22(15-17-32)18-25-23(26)5-4-6-24(25)27-29-28(33-30-27)21-13-11-20(12-14-21)10-9-19-7-8-19/h4-6,11-14,17,19,22,26H,3,7-10,15-16,18H2,1-2H3/t22-,26-/m1/s1. The summed E-state index contributed by atoms with van der Waals surface area (Å²) in [4.78, 5) is 18.5. The van der Waals surface area contributed by atoms with E-state index in [2.05, 4.69) is 66.5 Å². The molecule has 2 aliphatic rings. The monoisotopic (exact) mass is 443 g/mol. The molecular formula is C28H33N3O2. The lowest BCUT2D eigenvalue weighted by molar-refractivity contribution is -0.109. The molecule has 1 aromatic heterocycles. The molecule has 0 N–H and O–H groups in total. The predicted molar refractivity (Wildman–Crippen MR) is 130 cm³/mol. The van der Waals surface area contributed by atoms with E-state index in [1.54, 1.807) is 0 Å². The quantitative estimate of drug-likeness (QED) is 0.366. The third-order valence-electron chi connectivity index (χ3n) is 7.30. The topological polar surface area (TPSA) is 59.2 Å². The maximum Gasteiger partial charge on any atom is 0.258 e. The van der Waals surface area contributed by atoms with Crippen LogP contribution in [0.2, 0.25) is 0 Å². The number of aldehydes is 1. The van der Waals surface area contributed by atoms with Crippen molar-refractivity contribution in [3.63, 3.8) is 0 Å². The van der Waals surface area contributed by atoms with Crippen LogP contribution >= 0.6 is 0 Å². The summed E-state index contributed by atoms with van der Waals surface area (Å²) in [5.74, 6) is 2.41. The van der Waals surface area contributed by atoms with Gasteiger partial charge in [0.25, 0.3) is 5.89 Å². The highest BCUT2D eigenvalue weighted by atomic mass is 16.5. The molecule has 0 aliphatic heterocycles. The molecule has 0 radical (unpaired) electrons. The maximum absolute atomic E-state index is 11.4. The van der Waals surface area contributed by atoms with Crippen molar-refractivity contribution in [3.8, 4) is 22.8 Å². The second-order valence-electron chi connectivity index (χ2n) is 9.77. The number of fused-ring (bicyclic) bond motifs is 1. The smallest absolute Gasteiger partial charge is 0.258 e. The van der Waals surface area contributed by atoms with Gasteiger partial charge in [0.1, 0.15) is 6.29 Å². The highest BCUT2D eigenvalue weighted by Gasteiger charge is 2.36. The molecule has 5 nitrogen and oxygen atoms in total. The van der Waals surface area contributed by atoms with Crippen molar-refractivity contribution in [2.24, 2.45) is 11.8 Å². The average Bonchev–Trinajstić information content (AvgIpc) is 3.39. The van der Waals surface area contributed by atoms with Gasteiger partial charge in [0, 0.05) is 23.6 Å². The number of carbonyl (C=O) groups excluding carboxylic acids is 1. The predicted octanol–water partition coefficient (Wildman–Crippen LogP) is 5.89. The van der Waals surface area contributed by atoms with Gasteiger partial charge >= 0.3 is 0 Å².